The maximum absolute atomic E-state index is 5.82. The number of hydrogen-bond acceptors (Lipinski definition) is 5. The van der Waals surface area contributed by atoms with Crippen molar-refractivity contribution < 1.29 is 0 Å². The van der Waals surface area contributed by atoms with Crippen LogP contribution in [0.5, 0.6) is 0 Å². The van der Waals surface area contributed by atoms with Crippen LogP contribution in [0.15, 0.2) is 5.38 Å². The molecular formula is C13H24N4S. The fourth-order valence-corrected chi connectivity index (χ4v) is 3.12. The lowest BCUT2D eigenvalue weighted by atomic mass is 10.3. The second-order valence-electron chi connectivity index (χ2n) is 4.98. The summed E-state index contributed by atoms with van der Waals surface area (Å²) in [4.78, 5) is 9.63. The van der Waals surface area contributed by atoms with Crippen molar-refractivity contribution in [3.05, 3.63) is 16.1 Å². The van der Waals surface area contributed by atoms with E-state index in [0.717, 1.165) is 18.7 Å². The van der Waals surface area contributed by atoms with Gasteiger partial charge in [-0.25, -0.2) is 4.98 Å². The lowest BCUT2D eigenvalue weighted by Gasteiger charge is -2.33. The summed E-state index contributed by atoms with van der Waals surface area (Å²) < 4.78 is 0. The van der Waals surface area contributed by atoms with Gasteiger partial charge in [0.1, 0.15) is 0 Å². The van der Waals surface area contributed by atoms with Crippen molar-refractivity contribution in [3.63, 3.8) is 0 Å². The molecule has 0 amide bonds. The monoisotopic (exact) mass is 268 g/mol. The zero-order valence-corrected chi connectivity index (χ0v) is 12.2. The Hall–Kier alpha value is -0.490. The van der Waals surface area contributed by atoms with Crippen molar-refractivity contribution in [2.45, 2.75) is 26.3 Å². The van der Waals surface area contributed by atoms with Crippen LogP contribution >= 0.6 is 11.3 Å². The van der Waals surface area contributed by atoms with E-state index in [9.17, 15) is 0 Å². The van der Waals surface area contributed by atoms with E-state index in [1.807, 2.05) is 6.92 Å². The minimum absolute atomic E-state index is 0.0584. The Balaban J connectivity index is 1.74. The molecule has 102 valence electrons. The van der Waals surface area contributed by atoms with Crippen molar-refractivity contribution in [2.75, 3.05) is 39.3 Å². The summed E-state index contributed by atoms with van der Waals surface area (Å²) in [5.41, 5.74) is 6.86. The lowest BCUT2D eigenvalue weighted by Crippen LogP contribution is -2.46. The number of likely N-dealkylation sites (N-methyl/N-ethyl adjacent to an activating group) is 1. The number of nitrogens with two attached hydrogens (primary N) is 1. The summed E-state index contributed by atoms with van der Waals surface area (Å²) in [5.74, 6) is 0. The first-order valence-electron chi connectivity index (χ1n) is 6.83. The molecule has 18 heavy (non-hydrogen) atoms. The van der Waals surface area contributed by atoms with Crippen LogP contribution in [-0.2, 0) is 6.42 Å². The van der Waals surface area contributed by atoms with Crippen molar-refractivity contribution in [1.82, 2.24) is 14.8 Å². The molecule has 1 atom stereocenters. The van der Waals surface area contributed by atoms with Gasteiger partial charge in [-0.2, -0.15) is 0 Å². The average Bonchev–Trinajstić information content (AvgIpc) is 2.86. The van der Waals surface area contributed by atoms with E-state index < -0.39 is 0 Å². The smallest absolute Gasteiger partial charge is 0.0941 e. The third-order valence-corrected chi connectivity index (χ3v) is 4.52. The summed E-state index contributed by atoms with van der Waals surface area (Å²) in [6.07, 6.45) is 1.06. The maximum Gasteiger partial charge on any atom is 0.0941 e. The van der Waals surface area contributed by atoms with Crippen molar-refractivity contribution in [1.29, 1.82) is 0 Å². The number of thiazole rings is 1. The summed E-state index contributed by atoms with van der Waals surface area (Å²) in [5, 5.41) is 3.31. The molecule has 0 aromatic carbocycles. The van der Waals surface area contributed by atoms with E-state index in [4.69, 9.17) is 5.73 Å². The predicted octanol–water partition coefficient (Wildman–Crippen LogP) is 1.34. The van der Waals surface area contributed by atoms with Gasteiger partial charge in [0.2, 0.25) is 0 Å². The Morgan fingerprint density at radius 3 is 2.56 bits per heavy atom. The highest BCUT2D eigenvalue weighted by Gasteiger charge is 2.15. The van der Waals surface area contributed by atoms with Gasteiger partial charge < -0.3 is 15.5 Å². The van der Waals surface area contributed by atoms with E-state index in [0.29, 0.717) is 0 Å². The van der Waals surface area contributed by atoms with Crippen LogP contribution in [0, 0.1) is 0 Å². The molecule has 4 nitrogen and oxygen atoms in total. The second kappa shape index (κ2) is 6.61. The van der Waals surface area contributed by atoms with Crippen LogP contribution in [0.2, 0.25) is 0 Å². The van der Waals surface area contributed by atoms with Crippen LogP contribution < -0.4 is 5.73 Å². The van der Waals surface area contributed by atoms with Gasteiger partial charge in [-0.15, -0.1) is 11.3 Å². The highest BCUT2D eigenvalue weighted by Crippen LogP contribution is 2.15. The second-order valence-corrected chi connectivity index (χ2v) is 5.92. The van der Waals surface area contributed by atoms with Gasteiger partial charge in [-0.3, -0.25) is 0 Å². The number of hydrogen-bond donors (Lipinski definition) is 1. The van der Waals surface area contributed by atoms with Gasteiger partial charge in [0, 0.05) is 50.6 Å². The zero-order chi connectivity index (χ0) is 13.0. The van der Waals surface area contributed by atoms with E-state index in [2.05, 4.69) is 27.1 Å². The summed E-state index contributed by atoms with van der Waals surface area (Å²) in [6.45, 7) is 11.3. The van der Waals surface area contributed by atoms with Crippen LogP contribution in [0.1, 0.15) is 30.6 Å². The van der Waals surface area contributed by atoms with Crippen molar-refractivity contribution in [3.8, 4) is 0 Å². The molecule has 1 aliphatic heterocycles. The molecular weight excluding hydrogens is 244 g/mol. The third kappa shape index (κ3) is 3.75. The van der Waals surface area contributed by atoms with E-state index in [-0.39, 0.29) is 6.04 Å². The standard InChI is InChI=1S/C13H24N4S/c1-3-16-6-8-17(9-7-16)5-4-13-15-12(10-18-13)11(2)14/h10-11H,3-9,14H2,1-2H3. The predicted molar refractivity (Wildman–Crippen MR) is 77.0 cm³/mol. The van der Waals surface area contributed by atoms with Gasteiger partial charge in [-0.1, -0.05) is 6.92 Å². The molecule has 1 aliphatic rings. The highest BCUT2D eigenvalue weighted by atomic mass is 32.1. The fourth-order valence-electron chi connectivity index (χ4n) is 2.23. The summed E-state index contributed by atoms with van der Waals surface area (Å²) in [6, 6.07) is 0.0584. The molecule has 0 aliphatic carbocycles. The van der Waals surface area contributed by atoms with E-state index >= 15 is 0 Å². The lowest BCUT2D eigenvalue weighted by molar-refractivity contribution is 0.138. The number of nitrogens with zero attached hydrogens (tertiary/aromatic N) is 3. The van der Waals surface area contributed by atoms with Crippen LogP contribution in [-0.4, -0.2) is 54.1 Å². The van der Waals surface area contributed by atoms with Crippen LogP contribution in [0.25, 0.3) is 0 Å². The first kappa shape index (κ1) is 13.9. The van der Waals surface area contributed by atoms with E-state index in [1.54, 1.807) is 11.3 Å². The topological polar surface area (TPSA) is 45.4 Å². The molecule has 0 radical (unpaired) electrons. The largest absolute Gasteiger partial charge is 0.323 e. The summed E-state index contributed by atoms with van der Waals surface area (Å²) in [7, 11) is 0. The van der Waals surface area contributed by atoms with Crippen molar-refractivity contribution >= 4 is 11.3 Å². The zero-order valence-electron chi connectivity index (χ0n) is 11.4. The molecule has 2 rings (SSSR count). The fraction of sp³-hybridized carbons (Fsp3) is 0.769. The molecule has 1 fully saturated rings. The molecule has 0 spiro atoms. The number of piperazine rings is 1. The van der Waals surface area contributed by atoms with Gasteiger partial charge in [0.15, 0.2) is 0 Å². The molecule has 2 heterocycles. The van der Waals surface area contributed by atoms with Crippen LogP contribution in [0.4, 0.5) is 0 Å². The Kier molecular flexibility index (Phi) is 5.12. The maximum atomic E-state index is 5.82. The van der Waals surface area contributed by atoms with E-state index in [1.165, 1.54) is 37.7 Å². The Bertz CT molecular complexity index is 356. The Morgan fingerprint density at radius 1 is 1.33 bits per heavy atom. The molecule has 1 aromatic rings. The van der Waals surface area contributed by atoms with Gasteiger partial charge in [0.25, 0.3) is 0 Å². The molecule has 0 bridgehead atoms. The summed E-state index contributed by atoms with van der Waals surface area (Å²) >= 11 is 1.74. The number of aromatic nitrogens is 1. The van der Waals surface area contributed by atoms with Crippen LogP contribution in [0.3, 0.4) is 0 Å². The molecule has 5 heteroatoms. The molecule has 1 unspecified atom stereocenters. The minimum Gasteiger partial charge on any atom is -0.323 e. The molecule has 0 saturated carbocycles. The first-order valence-corrected chi connectivity index (χ1v) is 7.71. The SMILES string of the molecule is CCN1CCN(CCc2nc(C(C)N)cs2)CC1. The Morgan fingerprint density at radius 2 is 2.00 bits per heavy atom. The van der Waals surface area contributed by atoms with Crippen molar-refractivity contribution in [2.24, 2.45) is 5.73 Å². The quantitative estimate of drug-likeness (QED) is 0.875. The molecule has 1 saturated heterocycles. The average molecular weight is 268 g/mol. The third-order valence-electron chi connectivity index (χ3n) is 3.59. The normalized spacial score (nSPS) is 20.2. The molecule has 2 N–H and O–H groups in total. The highest BCUT2D eigenvalue weighted by molar-refractivity contribution is 7.09. The first-order chi connectivity index (χ1) is 8.69. The van der Waals surface area contributed by atoms with Gasteiger partial charge >= 0.3 is 0 Å². The Labute approximate surface area is 114 Å². The van der Waals surface area contributed by atoms with Gasteiger partial charge in [-0.05, 0) is 13.5 Å². The number of rotatable bonds is 5. The minimum atomic E-state index is 0.0584. The van der Waals surface area contributed by atoms with Gasteiger partial charge in [0.05, 0.1) is 10.7 Å². The molecule has 1 aromatic heterocycles.